The number of hydrogen-bond donors (Lipinski definition) is 1. The number of nitrogens with zero attached hydrogens (tertiary/aromatic N) is 3. The molecule has 1 aromatic carbocycles. The van der Waals surface area contributed by atoms with E-state index in [1.165, 1.54) is 6.42 Å². The summed E-state index contributed by atoms with van der Waals surface area (Å²) in [6.07, 6.45) is 8.74. The van der Waals surface area contributed by atoms with E-state index in [1.807, 2.05) is 42.6 Å². The first-order valence-electron chi connectivity index (χ1n) is 11.3. The minimum atomic E-state index is -0.414. The number of benzene rings is 1. The molecule has 1 amide bonds. The highest BCUT2D eigenvalue weighted by molar-refractivity contribution is 5.82. The maximum atomic E-state index is 12.9. The van der Waals surface area contributed by atoms with Gasteiger partial charge < -0.3 is 10.1 Å². The number of rotatable bonds is 6. The molecular formula is C26H28N4O2. The maximum Gasteiger partial charge on any atom is 0.408 e. The molecule has 1 unspecified atom stereocenters. The van der Waals surface area contributed by atoms with Gasteiger partial charge in [0.15, 0.2) is 0 Å². The molecule has 0 saturated carbocycles. The third-order valence-corrected chi connectivity index (χ3v) is 6.89. The van der Waals surface area contributed by atoms with Crippen LogP contribution in [-0.2, 0) is 11.3 Å². The van der Waals surface area contributed by atoms with E-state index in [-0.39, 0.29) is 12.1 Å². The fraction of sp³-hybridized carbons (Fsp3) is 0.346. The van der Waals surface area contributed by atoms with Crippen LogP contribution in [0.5, 0.6) is 0 Å². The van der Waals surface area contributed by atoms with E-state index >= 15 is 0 Å². The number of amides is 1. The number of pyridine rings is 2. The summed E-state index contributed by atoms with van der Waals surface area (Å²) in [6.45, 7) is 6.42. The van der Waals surface area contributed by atoms with E-state index in [4.69, 9.17) is 4.74 Å². The van der Waals surface area contributed by atoms with E-state index in [9.17, 15) is 4.79 Å². The molecule has 0 aliphatic carbocycles. The zero-order valence-corrected chi connectivity index (χ0v) is 18.1. The van der Waals surface area contributed by atoms with Crippen LogP contribution in [0.2, 0.25) is 0 Å². The second-order valence-electron chi connectivity index (χ2n) is 8.70. The molecule has 2 aromatic heterocycles. The summed E-state index contributed by atoms with van der Waals surface area (Å²) in [7, 11) is 0. The van der Waals surface area contributed by atoms with Gasteiger partial charge in [0.05, 0.1) is 11.6 Å². The number of alkyl carbamates (subject to hydrolysis) is 1. The van der Waals surface area contributed by atoms with Gasteiger partial charge in [-0.05, 0) is 55.0 Å². The quantitative estimate of drug-likeness (QED) is 0.586. The minimum Gasteiger partial charge on any atom is -0.440 e. The Morgan fingerprint density at radius 1 is 1.25 bits per heavy atom. The fourth-order valence-electron chi connectivity index (χ4n) is 5.24. The summed E-state index contributed by atoms with van der Waals surface area (Å²) in [4.78, 5) is 24.0. The van der Waals surface area contributed by atoms with Crippen LogP contribution in [0.25, 0.3) is 10.9 Å². The van der Waals surface area contributed by atoms with Crippen molar-refractivity contribution in [3.8, 4) is 0 Å². The molecule has 0 spiro atoms. The highest BCUT2D eigenvalue weighted by Crippen LogP contribution is 2.43. The third kappa shape index (κ3) is 4.10. The van der Waals surface area contributed by atoms with Gasteiger partial charge in [-0.1, -0.05) is 30.3 Å². The predicted molar refractivity (Wildman–Crippen MR) is 124 cm³/mol. The first-order chi connectivity index (χ1) is 15.7. The number of carbonyl (C=O) groups excluding carboxylic acids is 1. The van der Waals surface area contributed by atoms with Crippen molar-refractivity contribution in [3.63, 3.8) is 0 Å². The highest BCUT2D eigenvalue weighted by Gasteiger charge is 2.44. The smallest absolute Gasteiger partial charge is 0.408 e. The van der Waals surface area contributed by atoms with Gasteiger partial charge in [-0.15, -0.1) is 6.58 Å². The standard InChI is InChI=1S/C26H28N4O2/c1-2-19-17-30-13-10-20(19)14-24(30)25(22-9-12-28-23-8-4-3-7-21(22)23)32-26(31)29-16-18-6-5-11-27-15-18/h2-9,11-12,15,19-20,24-25H,1,10,13-14,16-17H2,(H,29,31)/t19-,20+,24+,25-/m0/s1. The summed E-state index contributed by atoms with van der Waals surface area (Å²) >= 11 is 0. The second kappa shape index (κ2) is 9.09. The van der Waals surface area contributed by atoms with Crippen molar-refractivity contribution in [2.75, 3.05) is 13.1 Å². The van der Waals surface area contributed by atoms with Crippen molar-refractivity contribution in [2.45, 2.75) is 31.5 Å². The van der Waals surface area contributed by atoms with Crippen molar-refractivity contribution in [3.05, 3.63) is 84.8 Å². The minimum absolute atomic E-state index is 0.139. The zero-order valence-electron chi connectivity index (χ0n) is 18.1. The van der Waals surface area contributed by atoms with Gasteiger partial charge in [-0.25, -0.2) is 4.79 Å². The van der Waals surface area contributed by atoms with Gasteiger partial charge in [-0.3, -0.25) is 14.9 Å². The van der Waals surface area contributed by atoms with Crippen molar-refractivity contribution >= 4 is 17.0 Å². The normalized spacial score (nSPS) is 25.2. The van der Waals surface area contributed by atoms with Crippen LogP contribution < -0.4 is 5.32 Å². The fourth-order valence-corrected chi connectivity index (χ4v) is 5.24. The van der Waals surface area contributed by atoms with Crippen LogP contribution in [0.4, 0.5) is 4.79 Å². The number of nitrogens with one attached hydrogen (secondary N) is 1. The molecule has 2 bridgehead atoms. The predicted octanol–water partition coefficient (Wildman–Crippen LogP) is 4.49. The SMILES string of the molecule is C=C[C@H]1CN2CC[C@@H]1C[C@@H]2[C@@H](OC(=O)NCc1cccnc1)c1ccnc2ccccc12. The van der Waals surface area contributed by atoms with Gasteiger partial charge in [0, 0.05) is 42.6 Å². The molecule has 3 saturated heterocycles. The highest BCUT2D eigenvalue weighted by atomic mass is 16.6. The molecule has 6 heteroatoms. The monoisotopic (exact) mass is 428 g/mol. The summed E-state index contributed by atoms with van der Waals surface area (Å²) < 4.78 is 6.16. The lowest BCUT2D eigenvalue weighted by Gasteiger charge is -2.51. The van der Waals surface area contributed by atoms with Crippen molar-refractivity contribution in [1.82, 2.24) is 20.2 Å². The second-order valence-corrected chi connectivity index (χ2v) is 8.70. The Morgan fingerprint density at radius 2 is 2.16 bits per heavy atom. The average molecular weight is 429 g/mol. The molecule has 6 nitrogen and oxygen atoms in total. The van der Waals surface area contributed by atoms with E-state index in [1.54, 1.807) is 12.4 Å². The lowest BCUT2D eigenvalue weighted by molar-refractivity contribution is -0.0498. The third-order valence-electron chi connectivity index (χ3n) is 6.89. The molecule has 5 heterocycles. The largest absolute Gasteiger partial charge is 0.440 e. The van der Waals surface area contributed by atoms with Crippen LogP contribution >= 0.6 is 0 Å². The van der Waals surface area contributed by atoms with Crippen LogP contribution in [0, 0.1) is 11.8 Å². The van der Waals surface area contributed by atoms with Crippen LogP contribution in [0.15, 0.2) is 73.7 Å². The van der Waals surface area contributed by atoms with E-state index in [0.717, 1.165) is 41.5 Å². The van der Waals surface area contributed by atoms with E-state index < -0.39 is 6.09 Å². The van der Waals surface area contributed by atoms with E-state index in [0.29, 0.717) is 18.4 Å². The number of piperidine rings is 3. The Morgan fingerprint density at radius 3 is 2.94 bits per heavy atom. The number of para-hydroxylation sites is 1. The summed E-state index contributed by atoms with van der Waals surface area (Å²) in [6, 6.07) is 14.0. The maximum absolute atomic E-state index is 12.9. The molecule has 0 radical (unpaired) electrons. The molecule has 32 heavy (non-hydrogen) atoms. The van der Waals surface area contributed by atoms with Gasteiger partial charge in [0.1, 0.15) is 6.10 Å². The summed E-state index contributed by atoms with van der Waals surface area (Å²) in [5.41, 5.74) is 2.86. The van der Waals surface area contributed by atoms with Crippen LogP contribution in [0.3, 0.4) is 0 Å². The Balaban J connectivity index is 1.43. The van der Waals surface area contributed by atoms with Gasteiger partial charge in [0.25, 0.3) is 0 Å². The van der Waals surface area contributed by atoms with Crippen LogP contribution in [0.1, 0.15) is 30.1 Å². The van der Waals surface area contributed by atoms with Crippen LogP contribution in [-0.4, -0.2) is 40.1 Å². The van der Waals surface area contributed by atoms with Crippen molar-refractivity contribution in [1.29, 1.82) is 0 Å². The topological polar surface area (TPSA) is 67.3 Å². The van der Waals surface area contributed by atoms with Gasteiger partial charge in [0.2, 0.25) is 0 Å². The molecule has 6 rings (SSSR count). The molecule has 3 aliphatic rings. The molecule has 1 N–H and O–H groups in total. The Labute approximate surface area is 188 Å². The summed E-state index contributed by atoms with van der Waals surface area (Å²) in [5.74, 6) is 1.09. The van der Waals surface area contributed by atoms with Gasteiger partial charge in [-0.2, -0.15) is 0 Å². The Hall–Kier alpha value is -3.25. The molecule has 3 aromatic rings. The number of hydrogen-bond acceptors (Lipinski definition) is 5. The first kappa shape index (κ1) is 20.6. The van der Waals surface area contributed by atoms with E-state index in [2.05, 4.69) is 38.9 Å². The molecular weight excluding hydrogens is 400 g/mol. The Bertz CT molecular complexity index is 1100. The number of fused-ring (bicyclic) bond motifs is 4. The zero-order chi connectivity index (χ0) is 21.9. The average Bonchev–Trinajstić information content (AvgIpc) is 2.86. The van der Waals surface area contributed by atoms with Gasteiger partial charge >= 0.3 is 6.09 Å². The molecule has 5 atom stereocenters. The lowest BCUT2D eigenvalue weighted by Crippen LogP contribution is -2.55. The first-order valence-corrected chi connectivity index (χ1v) is 11.3. The summed E-state index contributed by atoms with van der Waals surface area (Å²) in [5, 5.41) is 3.93. The Kier molecular flexibility index (Phi) is 5.86. The molecule has 164 valence electrons. The molecule has 3 fully saturated rings. The van der Waals surface area contributed by atoms with Crippen molar-refractivity contribution < 1.29 is 9.53 Å². The van der Waals surface area contributed by atoms with Crippen molar-refractivity contribution in [2.24, 2.45) is 11.8 Å². The number of aromatic nitrogens is 2. The lowest BCUT2D eigenvalue weighted by atomic mass is 9.73. The molecule has 3 aliphatic heterocycles. The number of carbonyl (C=O) groups is 1. The number of ether oxygens (including phenoxy) is 1.